The molecular formula is C12H17Br2NO. The summed E-state index contributed by atoms with van der Waals surface area (Å²) in [5.41, 5.74) is 0. The lowest BCUT2D eigenvalue weighted by Gasteiger charge is -2.10. The molecule has 4 heteroatoms. The van der Waals surface area contributed by atoms with Gasteiger partial charge >= 0.3 is 0 Å². The molecule has 1 aromatic rings. The fourth-order valence-electron chi connectivity index (χ4n) is 1.27. The van der Waals surface area contributed by atoms with Crippen molar-refractivity contribution in [2.75, 3.05) is 19.7 Å². The van der Waals surface area contributed by atoms with Crippen LogP contribution < -0.4 is 10.1 Å². The Morgan fingerprint density at radius 1 is 1.19 bits per heavy atom. The number of rotatable bonds is 7. The molecule has 0 spiro atoms. The predicted octanol–water partition coefficient (Wildman–Crippen LogP) is 3.98. The van der Waals surface area contributed by atoms with Crippen LogP contribution >= 0.6 is 31.9 Å². The van der Waals surface area contributed by atoms with Gasteiger partial charge in [0, 0.05) is 6.54 Å². The molecule has 0 saturated heterocycles. The van der Waals surface area contributed by atoms with Crippen molar-refractivity contribution in [1.82, 2.24) is 5.32 Å². The number of nitrogens with one attached hydrogen (secondary N) is 1. The molecule has 1 aromatic carbocycles. The lowest BCUT2D eigenvalue weighted by molar-refractivity contribution is 0.310. The second kappa shape index (κ2) is 8.09. The maximum absolute atomic E-state index is 5.69. The van der Waals surface area contributed by atoms with E-state index in [4.69, 9.17) is 4.74 Å². The van der Waals surface area contributed by atoms with E-state index in [0.29, 0.717) is 6.61 Å². The van der Waals surface area contributed by atoms with Crippen molar-refractivity contribution in [2.45, 2.75) is 19.8 Å². The van der Waals surface area contributed by atoms with Crippen LogP contribution in [-0.2, 0) is 0 Å². The first-order chi connectivity index (χ1) is 7.75. The van der Waals surface area contributed by atoms with Gasteiger partial charge in [-0.2, -0.15) is 0 Å². The van der Waals surface area contributed by atoms with Gasteiger partial charge < -0.3 is 10.1 Å². The Morgan fingerprint density at radius 3 is 2.50 bits per heavy atom. The zero-order valence-corrected chi connectivity index (χ0v) is 12.6. The number of para-hydroxylation sites is 1. The normalized spacial score (nSPS) is 10.4. The predicted molar refractivity (Wildman–Crippen MR) is 75.1 cm³/mol. The van der Waals surface area contributed by atoms with Crippen LogP contribution in [0.5, 0.6) is 5.75 Å². The van der Waals surface area contributed by atoms with Gasteiger partial charge in [0.05, 0.1) is 8.95 Å². The van der Waals surface area contributed by atoms with E-state index in [1.807, 2.05) is 18.2 Å². The van der Waals surface area contributed by atoms with Crippen molar-refractivity contribution in [3.63, 3.8) is 0 Å². The minimum Gasteiger partial charge on any atom is -0.490 e. The van der Waals surface area contributed by atoms with Gasteiger partial charge in [-0.25, -0.2) is 0 Å². The molecule has 0 aromatic heterocycles. The molecular weight excluding hydrogens is 334 g/mol. The molecule has 0 bridgehead atoms. The molecule has 0 aliphatic rings. The molecule has 0 heterocycles. The molecule has 1 N–H and O–H groups in total. The summed E-state index contributed by atoms with van der Waals surface area (Å²) >= 11 is 6.93. The van der Waals surface area contributed by atoms with Gasteiger partial charge in [-0.15, -0.1) is 0 Å². The highest BCUT2D eigenvalue weighted by molar-refractivity contribution is 9.11. The van der Waals surface area contributed by atoms with Crippen molar-refractivity contribution in [3.8, 4) is 5.75 Å². The van der Waals surface area contributed by atoms with Crippen LogP contribution in [0.3, 0.4) is 0 Å². The number of benzene rings is 1. The Kier molecular flexibility index (Phi) is 7.08. The molecule has 2 nitrogen and oxygen atoms in total. The number of ether oxygens (including phenoxy) is 1. The topological polar surface area (TPSA) is 21.3 Å². The van der Waals surface area contributed by atoms with E-state index in [2.05, 4.69) is 44.1 Å². The van der Waals surface area contributed by atoms with Crippen molar-refractivity contribution in [3.05, 3.63) is 27.1 Å². The summed E-state index contributed by atoms with van der Waals surface area (Å²) in [6, 6.07) is 5.93. The summed E-state index contributed by atoms with van der Waals surface area (Å²) in [5, 5.41) is 3.34. The molecule has 0 saturated carbocycles. The van der Waals surface area contributed by atoms with Gasteiger partial charge in [0.2, 0.25) is 0 Å². The first-order valence-corrected chi connectivity index (χ1v) is 7.11. The summed E-state index contributed by atoms with van der Waals surface area (Å²) in [7, 11) is 0. The van der Waals surface area contributed by atoms with Crippen LogP contribution in [-0.4, -0.2) is 19.7 Å². The molecule has 0 aliphatic carbocycles. The number of unbranched alkanes of at least 4 members (excludes halogenated alkanes) is 1. The van der Waals surface area contributed by atoms with Gasteiger partial charge in [-0.05, 0) is 57.0 Å². The van der Waals surface area contributed by atoms with Crippen molar-refractivity contribution >= 4 is 31.9 Å². The number of hydrogen-bond donors (Lipinski definition) is 1. The minimum atomic E-state index is 0.685. The van der Waals surface area contributed by atoms with Gasteiger partial charge in [0.25, 0.3) is 0 Å². The number of hydrogen-bond acceptors (Lipinski definition) is 2. The van der Waals surface area contributed by atoms with Crippen LogP contribution in [0.1, 0.15) is 19.8 Å². The van der Waals surface area contributed by atoms with Gasteiger partial charge in [0.15, 0.2) is 0 Å². The maximum Gasteiger partial charge on any atom is 0.147 e. The van der Waals surface area contributed by atoms with Crippen LogP contribution in [0.15, 0.2) is 27.1 Å². The fourth-order valence-corrected chi connectivity index (χ4v) is 2.50. The Labute approximate surface area is 114 Å². The highest BCUT2D eigenvalue weighted by Gasteiger charge is 2.04. The molecule has 0 unspecified atom stereocenters. The maximum atomic E-state index is 5.69. The summed E-state index contributed by atoms with van der Waals surface area (Å²) in [4.78, 5) is 0. The molecule has 90 valence electrons. The van der Waals surface area contributed by atoms with Gasteiger partial charge in [-0.3, -0.25) is 0 Å². The molecule has 0 aliphatic heterocycles. The van der Waals surface area contributed by atoms with Crippen LogP contribution in [0.4, 0.5) is 0 Å². The average molecular weight is 351 g/mol. The lowest BCUT2D eigenvalue weighted by Crippen LogP contribution is -2.22. The zero-order chi connectivity index (χ0) is 11.8. The van der Waals surface area contributed by atoms with E-state index < -0.39 is 0 Å². The van der Waals surface area contributed by atoms with Gasteiger partial charge in [0.1, 0.15) is 12.4 Å². The van der Waals surface area contributed by atoms with E-state index in [0.717, 1.165) is 27.8 Å². The summed E-state index contributed by atoms with van der Waals surface area (Å²) in [5.74, 6) is 0.875. The SMILES string of the molecule is CCCCNCCOc1c(Br)cccc1Br. The second-order valence-corrected chi connectivity index (χ2v) is 5.21. The summed E-state index contributed by atoms with van der Waals surface area (Å²) < 4.78 is 7.66. The molecule has 0 radical (unpaired) electrons. The second-order valence-electron chi connectivity index (χ2n) is 3.50. The molecule has 16 heavy (non-hydrogen) atoms. The van der Waals surface area contributed by atoms with E-state index in [1.165, 1.54) is 12.8 Å². The lowest BCUT2D eigenvalue weighted by atomic mass is 10.3. The zero-order valence-electron chi connectivity index (χ0n) is 9.43. The van der Waals surface area contributed by atoms with Crippen molar-refractivity contribution in [1.29, 1.82) is 0 Å². The monoisotopic (exact) mass is 349 g/mol. The smallest absolute Gasteiger partial charge is 0.147 e. The molecule has 0 amide bonds. The third kappa shape index (κ3) is 4.85. The Morgan fingerprint density at radius 2 is 1.88 bits per heavy atom. The third-order valence-electron chi connectivity index (χ3n) is 2.15. The average Bonchev–Trinajstić information content (AvgIpc) is 2.26. The highest BCUT2D eigenvalue weighted by Crippen LogP contribution is 2.32. The van der Waals surface area contributed by atoms with Crippen molar-refractivity contribution in [2.24, 2.45) is 0 Å². The van der Waals surface area contributed by atoms with Crippen molar-refractivity contribution < 1.29 is 4.74 Å². The molecule has 0 atom stereocenters. The van der Waals surface area contributed by atoms with E-state index in [9.17, 15) is 0 Å². The Hall–Kier alpha value is -0.0600. The highest BCUT2D eigenvalue weighted by atomic mass is 79.9. The quantitative estimate of drug-likeness (QED) is 0.751. The number of halogens is 2. The van der Waals surface area contributed by atoms with Crippen LogP contribution in [0.2, 0.25) is 0 Å². The fraction of sp³-hybridized carbons (Fsp3) is 0.500. The van der Waals surface area contributed by atoms with Crippen LogP contribution in [0, 0.1) is 0 Å². The minimum absolute atomic E-state index is 0.685. The Bertz CT molecular complexity index is 298. The van der Waals surface area contributed by atoms with E-state index in [1.54, 1.807) is 0 Å². The first kappa shape index (κ1) is 14.0. The van der Waals surface area contributed by atoms with E-state index in [-0.39, 0.29) is 0 Å². The summed E-state index contributed by atoms with van der Waals surface area (Å²) in [6.07, 6.45) is 2.45. The largest absolute Gasteiger partial charge is 0.490 e. The summed E-state index contributed by atoms with van der Waals surface area (Å²) in [6.45, 7) is 4.83. The molecule has 1 rings (SSSR count). The van der Waals surface area contributed by atoms with Crippen LogP contribution in [0.25, 0.3) is 0 Å². The Balaban J connectivity index is 2.26. The standard InChI is InChI=1S/C12H17Br2NO/c1-2-3-7-15-8-9-16-12-10(13)5-4-6-11(12)14/h4-6,15H,2-3,7-9H2,1H3. The van der Waals surface area contributed by atoms with E-state index >= 15 is 0 Å². The first-order valence-electron chi connectivity index (χ1n) is 5.53. The third-order valence-corrected chi connectivity index (χ3v) is 3.40. The molecule has 0 fully saturated rings. The van der Waals surface area contributed by atoms with Gasteiger partial charge in [-0.1, -0.05) is 19.4 Å².